The van der Waals surface area contributed by atoms with Gasteiger partial charge >= 0.3 is 0 Å². The van der Waals surface area contributed by atoms with Gasteiger partial charge in [-0.2, -0.15) is 0 Å². The fraction of sp³-hybridized carbons (Fsp3) is 0.625. The molecule has 0 saturated carbocycles. The molecule has 0 amide bonds. The van der Waals surface area contributed by atoms with Gasteiger partial charge in [0.2, 0.25) is 0 Å². The van der Waals surface area contributed by atoms with E-state index in [-0.39, 0.29) is 18.4 Å². The molecule has 1 aromatic heterocycles. The van der Waals surface area contributed by atoms with Crippen molar-refractivity contribution in [2.75, 3.05) is 6.54 Å². The van der Waals surface area contributed by atoms with Crippen LogP contribution in [0.1, 0.15) is 36.1 Å². The van der Waals surface area contributed by atoms with Gasteiger partial charge in [0, 0.05) is 6.04 Å². The molecule has 1 heterocycles. The Hall–Kier alpha value is -1.23. The van der Waals surface area contributed by atoms with E-state index in [4.69, 9.17) is 5.73 Å². The largest absolute Gasteiger partial charge is 0.324 e. The lowest BCUT2D eigenvalue weighted by molar-refractivity contribution is 0.0996. The number of ketones is 1. The normalized spacial score (nSPS) is 10.8. The number of carbonyl (C=O) groups excluding carboxylic acids is 1. The van der Waals surface area contributed by atoms with E-state index in [1.165, 1.54) is 0 Å². The molecule has 0 unspecified atom stereocenters. The predicted molar refractivity (Wildman–Crippen MR) is 48.5 cm³/mol. The fourth-order valence-corrected chi connectivity index (χ4v) is 1.19. The summed E-state index contributed by atoms with van der Waals surface area (Å²) in [6, 6.07) is 0.215. The average Bonchev–Trinajstić information content (AvgIpc) is 2.46. The third kappa shape index (κ3) is 1.75. The van der Waals surface area contributed by atoms with E-state index >= 15 is 0 Å². The third-order valence-corrected chi connectivity index (χ3v) is 1.87. The van der Waals surface area contributed by atoms with Gasteiger partial charge in [0.15, 0.2) is 11.5 Å². The van der Waals surface area contributed by atoms with E-state index in [2.05, 4.69) is 10.3 Å². The Morgan fingerprint density at radius 2 is 2.23 bits per heavy atom. The van der Waals surface area contributed by atoms with Crippen LogP contribution < -0.4 is 5.73 Å². The first-order valence-electron chi connectivity index (χ1n) is 4.23. The van der Waals surface area contributed by atoms with Crippen molar-refractivity contribution in [3.8, 4) is 0 Å². The Kier molecular flexibility index (Phi) is 2.77. The van der Waals surface area contributed by atoms with Crippen molar-refractivity contribution in [2.45, 2.75) is 26.8 Å². The van der Waals surface area contributed by atoms with Crippen LogP contribution in [0.5, 0.6) is 0 Å². The van der Waals surface area contributed by atoms with Crippen LogP contribution in [0.3, 0.4) is 0 Å². The molecule has 0 aliphatic carbocycles. The van der Waals surface area contributed by atoms with Crippen molar-refractivity contribution < 1.29 is 4.79 Å². The smallest absolute Gasteiger partial charge is 0.198 e. The van der Waals surface area contributed by atoms with Crippen LogP contribution in [-0.4, -0.2) is 27.3 Å². The summed E-state index contributed by atoms with van der Waals surface area (Å²) in [6.45, 7) is 5.78. The molecule has 0 aliphatic rings. The number of carbonyl (C=O) groups is 1. The lowest BCUT2D eigenvalue weighted by Gasteiger charge is -2.05. The topological polar surface area (TPSA) is 73.8 Å². The maximum atomic E-state index is 11.2. The Balaban J connectivity index is 3.06. The van der Waals surface area contributed by atoms with Crippen molar-refractivity contribution in [3.05, 3.63) is 11.4 Å². The number of hydrogen-bond donors (Lipinski definition) is 1. The molecule has 0 bridgehead atoms. The molecule has 0 atom stereocenters. The van der Waals surface area contributed by atoms with Gasteiger partial charge in [-0.25, -0.2) is 4.68 Å². The van der Waals surface area contributed by atoms with Gasteiger partial charge < -0.3 is 5.73 Å². The predicted octanol–water partition coefficient (Wildman–Crippen LogP) is 0.309. The molecule has 0 aliphatic heterocycles. The number of nitrogens with zero attached hydrogens (tertiary/aromatic N) is 3. The fourth-order valence-electron chi connectivity index (χ4n) is 1.19. The summed E-state index contributed by atoms with van der Waals surface area (Å²) in [7, 11) is 0. The second-order valence-corrected chi connectivity index (χ2v) is 3.19. The van der Waals surface area contributed by atoms with E-state index in [9.17, 15) is 4.79 Å². The minimum atomic E-state index is -0.163. The number of aromatic nitrogens is 3. The number of rotatable bonds is 3. The first-order chi connectivity index (χ1) is 6.07. The van der Waals surface area contributed by atoms with Crippen LogP contribution in [0.2, 0.25) is 0 Å². The molecular weight excluding hydrogens is 168 g/mol. The molecule has 1 aromatic rings. The quantitative estimate of drug-likeness (QED) is 0.683. The number of Topliss-reactive ketones (excluding diaryl/α,β-unsaturated/α-hetero) is 1. The van der Waals surface area contributed by atoms with Gasteiger partial charge in [-0.15, -0.1) is 5.10 Å². The van der Waals surface area contributed by atoms with Gasteiger partial charge in [-0.3, -0.25) is 4.79 Å². The molecule has 2 N–H and O–H groups in total. The van der Waals surface area contributed by atoms with Crippen LogP contribution in [0.25, 0.3) is 0 Å². The summed E-state index contributed by atoms with van der Waals surface area (Å²) in [5.74, 6) is -0.163. The summed E-state index contributed by atoms with van der Waals surface area (Å²) in [4.78, 5) is 11.2. The molecule has 1 rings (SSSR count). The van der Waals surface area contributed by atoms with Gasteiger partial charge in [-0.1, -0.05) is 5.21 Å². The summed E-state index contributed by atoms with van der Waals surface area (Å²) in [5, 5.41) is 7.67. The van der Waals surface area contributed by atoms with Crippen LogP contribution in [0.4, 0.5) is 0 Å². The van der Waals surface area contributed by atoms with E-state index in [1.54, 1.807) is 4.68 Å². The Labute approximate surface area is 76.9 Å². The van der Waals surface area contributed by atoms with Crippen molar-refractivity contribution in [3.63, 3.8) is 0 Å². The van der Waals surface area contributed by atoms with Crippen LogP contribution in [-0.2, 0) is 0 Å². The lowest BCUT2D eigenvalue weighted by atomic mass is 10.2. The van der Waals surface area contributed by atoms with Crippen molar-refractivity contribution >= 4 is 5.78 Å². The first-order valence-corrected chi connectivity index (χ1v) is 4.23. The molecule has 5 heteroatoms. The summed E-state index contributed by atoms with van der Waals surface area (Å²) in [5.41, 5.74) is 6.40. The molecule has 0 aromatic carbocycles. The van der Waals surface area contributed by atoms with Crippen LogP contribution in [0, 0.1) is 6.92 Å². The average molecular weight is 182 g/mol. The lowest BCUT2D eigenvalue weighted by Crippen LogP contribution is -2.15. The van der Waals surface area contributed by atoms with E-state index in [0.717, 1.165) is 5.69 Å². The highest BCUT2D eigenvalue weighted by atomic mass is 16.1. The third-order valence-electron chi connectivity index (χ3n) is 1.87. The van der Waals surface area contributed by atoms with E-state index in [1.807, 2.05) is 20.8 Å². The zero-order valence-electron chi connectivity index (χ0n) is 8.11. The Bertz CT molecular complexity index is 316. The molecule has 13 heavy (non-hydrogen) atoms. The maximum Gasteiger partial charge on any atom is 0.198 e. The number of hydrogen-bond acceptors (Lipinski definition) is 4. The molecule has 0 saturated heterocycles. The highest BCUT2D eigenvalue weighted by molar-refractivity contribution is 5.96. The molecule has 0 spiro atoms. The Morgan fingerprint density at radius 3 is 2.62 bits per heavy atom. The minimum absolute atomic E-state index is 0.0162. The number of nitrogens with two attached hydrogens (primary N) is 1. The molecular formula is C8H14N4O. The Morgan fingerprint density at radius 1 is 1.62 bits per heavy atom. The summed E-state index contributed by atoms with van der Waals surface area (Å²) >= 11 is 0. The second-order valence-electron chi connectivity index (χ2n) is 3.19. The van der Waals surface area contributed by atoms with E-state index < -0.39 is 0 Å². The van der Waals surface area contributed by atoms with Crippen LogP contribution >= 0.6 is 0 Å². The van der Waals surface area contributed by atoms with Crippen LogP contribution in [0.15, 0.2) is 0 Å². The maximum absolute atomic E-state index is 11.2. The van der Waals surface area contributed by atoms with E-state index in [0.29, 0.717) is 5.69 Å². The first kappa shape index (κ1) is 9.85. The van der Waals surface area contributed by atoms with Gasteiger partial charge in [0.1, 0.15) is 0 Å². The molecule has 0 radical (unpaired) electrons. The zero-order valence-corrected chi connectivity index (χ0v) is 8.11. The molecule has 72 valence electrons. The van der Waals surface area contributed by atoms with Crippen molar-refractivity contribution in [1.82, 2.24) is 15.0 Å². The minimum Gasteiger partial charge on any atom is -0.324 e. The summed E-state index contributed by atoms with van der Waals surface area (Å²) < 4.78 is 1.71. The van der Waals surface area contributed by atoms with Gasteiger partial charge in [0.05, 0.1) is 12.2 Å². The standard InChI is InChI=1S/C8H14N4O/c1-5(2)12-6(3)8(10-11-12)7(13)4-9/h5H,4,9H2,1-3H3. The monoisotopic (exact) mass is 182 g/mol. The SMILES string of the molecule is Cc1c(C(=O)CN)nnn1C(C)C. The van der Waals surface area contributed by atoms with Crippen molar-refractivity contribution in [1.29, 1.82) is 0 Å². The van der Waals surface area contributed by atoms with Crippen molar-refractivity contribution in [2.24, 2.45) is 5.73 Å². The molecule has 0 fully saturated rings. The molecule has 5 nitrogen and oxygen atoms in total. The second kappa shape index (κ2) is 3.66. The van der Waals surface area contributed by atoms with Gasteiger partial charge in [-0.05, 0) is 20.8 Å². The summed E-state index contributed by atoms with van der Waals surface area (Å²) in [6.07, 6.45) is 0. The zero-order chi connectivity index (χ0) is 10.0. The highest BCUT2D eigenvalue weighted by Crippen LogP contribution is 2.09. The van der Waals surface area contributed by atoms with Gasteiger partial charge in [0.25, 0.3) is 0 Å². The highest BCUT2D eigenvalue weighted by Gasteiger charge is 2.15.